The lowest BCUT2D eigenvalue weighted by atomic mass is 9.46. The summed E-state index contributed by atoms with van der Waals surface area (Å²) in [6.07, 6.45) is 11.0. The fraction of sp³-hybridized carbons (Fsp3) is 0.676. The van der Waals surface area contributed by atoms with Crippen LogP contribution < -0.4 is 5.73 Å². The van der Waals surface area contributed by atoms with Crippen molar-refractivity contribution in [2.24, 2.45) is 46.2 Å². The van der Waals surface area contributed by atoms with Gasteiger partial charge in [0.05, 0.1) is 6.10 Å². The maximum absolute atomic E-state index is 13.4. The molecule has 4 N–H and O–H groups in total. The normalized spacial score (nSPS) is 32.6. The number of nitrogens with two attached hydrogens (primary N) is 1. The van der Waals surface area contributed by atoms with Crippen molar-refractivity contribution in [3.05, 3.63) is 36.0 Å². The number of rotatable bonds is 16. The molecule has 1 amide bonds. The maximum Gasteiger partial charge on any atom is 0.334 e. The summed E-state index contributed by atoms with van der Waals surface area (Å²) < 4.78 is 19.9. The SMILES string of the molecule is C/C=C/C[C@@H](C)[C@H](CC(N)=O)CC(=O)OCOC(=O)COCC(=O)OCC(=O)[C@@]1(O)CCC2C3CCC4=CC(=O)C=C[C@]4(C)C3[C@@H](O)C[C@@]21C. The molecular weight excluding hydrogens is 650 g/mol. The van der Waals surface area contributed by atoms with E-state index in [2.05, 4.69) is 0 Å². The summed E-state index contributed by atoms with van der Waals surface area (Å²) in [5, 5.41) is 23.3. The van der Waals surface area contributed by atoms with Gasteiger partial charge in [0.25, 0.3) is 0 Å². The molecule has 0 aromatic heterocycles. The minimum absolute atomic E-state index is 0.00730. The van der Waals surface area contributed by atoms with Crippen molar-refractivity contribution in [2.45, 2.75) is 90.8 Å². The second-order valence-corrected chi connectivity index (χ2v) is 14.8. The molecule has 0 bridgehead atoms. The highest BCUT2D eigenvalue weighted by Gasteiger charge is 2.68. The number of hydrogen-bond acceptors (Lipinski definition) is 12. The average Bonchev–Trinajstić information content (AvgIpc) is 3.32. The molecule has 4 aliphatic carbocycles. The van der Waals surface area contributed by atoms with Crippen molar-refractivity contribution in [1.82, 2.24) is 0 Å². The second kappa shape index (κ2) is 16.1. The first-order valence-electron chi connectivity index (χ1n) is 17.4. The number of aliphatic hydroxyl groups is 2. The smallest absolute Gasteiger partial charge is 0.334 e. The molecule has 3 fully saturated rings. The number of allylic oxidation sites excluding steroid dienone is 6. The molecule has 4 rings (SSSR count). The molecule has 0 aromatic carbocycles. The highest BCUT2D eigenvalue weighted by atomic mass is 16.7. The molecule has 0 saturated heterocycles. The number of hydrogen-bond donors (Lipinski definition) is 3. The summed E-state index contributed by atoms with van der Waals surface area (Å²) in [5.41, 5.74) is 3.09. The van der Waals surface area contributed by atoms with Gasteiger partial charge in [-0.05, 0) is 81.3 Å². The first kappa shape index (κ1) is 39.1. The first-order chi connectivity index (χ1) is 23.6. The molecule has 0 radical (unpaired) electrons. The van der Waals surface area contributed by atoms with Crippen LogP contribution in [0.4, 0.5) is 0 Å². The van der Waals surface area contributed by atoms with Gasteiger partial charge in [-0.3, -0.25) is 19.2 Å². The largest absolute Gasteiger partial charge is 0.456 e. The van der Waals surface area contributed by atoms with Gasteiger partial charge in [-0.15, -0.1) is 0 Å². The summed E-state index contributed by atoms with van der Waals surface area (Å²) in [6.45, 7) is 4.92. The number of esters is 3. The molecule has 9 atom stereocenters. The van der Waals surface area contributed by atoms with Crippen LogP contribution in [0.3, 0.4) is 0 Å². The monoisotopic (exact) mass is 701 g/mol. The average molecular weight is 702 g/mol. The molecule has 50 heavy (non-hydrogen) atoms. The van der Waals surface area contributed by atoms with Crippen molar-refractivity contribution in [3.63, 3.8) is 0 Å². The summed E-state index contributed by atoms with van der Waals surface area (Å²) in [4.78, 5) is 73.5. The number of carbonyl (C=O) groups excluding carboxylic acids is 6. The van der Waals surface area contributed by atoms with E-state index < -0.39 is 78.7 Å². The zero-order chi connectivity index (χ0) is 36.9. The quantitative estimate of drug-likeness (QED) is 0.121. The Morgan fingerprint density at radius 3 is 2.38 bits per heavy atom. The lowest BCUT2D eigenvalue weighted by Gasteiger charge is -2.59. The Balaban J connectivity index is 1.20. The van der Waals surface area contributed by atoms with Crippen LogP contribution in [0.1, 0.15) is 79.1 Å². The van der Waals surface area contributed by atoms with Crippen LogP contribution in [0, 0.1) is 40.4 Å². The van der Waals surface area contributed by atoms with Gasteiger partial charge in [0.15, 0.2) is 12.4 Å². The van der Waals surface area contributed by atoms with Gasteiger partial charge in [-0.25, -0.2) is 9.59 Å². The van der Waals surface area contributed by atoms with Gasteiger partial charge in [0, 0.05) is 29.6 Å². The van der Waals surface area contributed by atoms with Gasteiger partial charge < -0.3 is 34.9 Å². The van der Waals surface area contributed by atoms with Crippen molar-refractivity contribution < 1.29 is 57.9 Å². The fourth-order valence-electron chi connectivity index (χ4n) is 9.07. The van der Waals surface area contributed by atoms with E-state index in [1.54, 1.807) is 12.2 Å². The maximum atomic E-state index is 13.4. The molecule has 4 aliphatic rings. The number of aliphatic hydroxyl groups excluding tert-OH is 1. The predicted octanol–water partition coefficient (Wildman–Crippen LogP) is 2.65. The van der Waals surface area contributed by atoms with E-state index in [-0.39, 0.29) is 61.1 Å². The van der Waals surface area contributed by atoms with E-state index >= 15 is 0 Å². The van der Waals surface area contributed by atoms with Crippen molar-refractivity contribution in [3.8, 4) is 0 Å². The Morgan fingerprint density at radius 1 is 1.02 bits per heavy atom. The zero-order valence-electron chi connectivity index (χ0n) is 29.4. The van der Waals surface area contributed by atoms with Gasteiger partial charge in [0.1, 0.15) is 18.8 Å². The zero-order valence-corrected chi connectivity index (χ0v) is 29.4. The third kappa shape index (κ3) is 8.26. The molecular formula is C37H51NO12. The first-order valence-corrected chi connectivity index (χ1v) is 17.4. The molecule has 13 heteroatoms. The molecule has 3 unspecified atom stereocenters. The Morgan fingerprint density at radius 2 is 1.70 bits per heavy atom. The van der Waals surface area contributed by atoms with Gasteiger partial charge in [0.2, 0.25) is 18.5 Å². The van der Waals surface area contributed by atoms with Crippen LogP contribution >= 0.6 is 0 Å². The molecule has 0 spiro atoms. The van der Waals surface area contributed by atoms with E-state index in [1.807, 2.05) is 45.9 Å². The second-order valence-electron chi connectivity index (χ2n) is 14.8. The number of Topliss-reactive ketones (excluding diaryl/α,β-unsaturated/α-hetero) is 1. The van der Waals surface area contributed by atoms with Gasteiger partial charge in [-0.1, -0.05) is 44.6 Å². The molecule has 0 aliphatic heterocycles. The minimum Gasteiger partial charge on any atom is -0.456 e. The van der Waals surface area contributed by atoms with Crippen LogP contribution in [0.15, 0.2) is 36.0 Å². The van der Waals surface area contributed by atoms with Crippen LogP contribution in [-0.4, -0.2) is 83.9 Å². The van der Waals surface area contributed by atoms with E-state index in [0.717, 1.165) is 12.0 Å². The lowest BCUT2D eigenvalue weighted by molar-refractivity contribution is -0.182. The fourth-order valence-corrected chi connectivity index (χ4v) is 9.07. The molecule has 276 valence electrons. The topological polar surface area (TPSA) is 206 Å². The summed E-state index contributed by atoms with van der Waals surface area (Å²) >= 11 is 0. The Bertz CT molecular complexity index is 1430. The summed E-state index contributed by atoms with van der Waals surface area (Å²) in [5.74, 6) is -4.32. The third-order valence-electron chi connectivity index (χ3n) is 11.8. The predicted molar refractivity (Wildman–Crippen MR) is 177 cm³/mol. The Kier molecular flexibility index (Phi) is 12.6. The Hall–Kier alpha value is -3.68. The highest BCUT2D eigenvalue weighted by Crippen LogP contribution is 2.67. The van der Waals surface area contributed by atoms with Gasteiger partial charge in [-0.2, -0.15) is 0 Å². The lowest BCUT2D eigenvalue weighted by Crippen LogP contribution is -2.61. The molecule has 13 nitrogen and oxygen atoms in total. The Labute approximate surface area is 292 Å². The number of fused-ring (bicyclic) bond motifs is 5. The standard InChI is InChI=1S/C37H51NO12/c1-5-6-7-22(2)23(14-30(38)42)15-31(43)49-21-50-33(45)20-47-19-32(44)48-18-29(41)37(46)13-11-27-26-9-8-24-16-25(39)10-12-35(24,3)34(26)28(40)17-36(27,37)4/h5-6,10,12,16,22-23,26-28,34,40,46H,7-9,11,13-15,17-21H2,1-4H3,(H2,38,42)/b6-5+/t22-,23-,26?,27?,28+,34?,35+,36+,37+/m1/s1. The minimum atomic E-state index is -1.81. The van der Waals surface area contributed by atoms with Gasteiger partial charge >= 0.3 is 17.9 Å². The number of carbonyl (C=O) groups is 6. The summed E-state index contributed by atoms with van der Waals surface area (Å²) in [6, 6.07) is 0. The van der Waals surface area contributed by atoms with Crippen LogP contribution in [0.2, 0.25) is 0 Å². The van der Waals surface area contributed by atoms with E-state index in [1.165, 1.54) is 0 Å². The van der Waals surface area contributed by atoms with Crippen LogP contribution in [0.25, 0.3) is 0 Å². The van der Waals surface area contributed by atoms with Crippen molar-refractivity contribution in [2.75, 3.05) is 26.6 Å². The number of ketones is 2. The number of primary amides is 1. The van der Waals surface area contributed by atoms with E-state index in [0.29, 0.717) is 19.3 Å². The number of amides is 1. The van der Waals surface area contributed by atoms with Crippen molar-refractivity contribution >= 4 is 35.4 Å². The molecule has 3 saturated carbocycles. The highest BCUT2D eigenvalue weighted by molar-refractivity contribution is 6.01. The third-order valence-corrected chi connectivity index (χ3v) is 11.8. The van der Waals surface area contributed by atoms with E-state index in [9.17, 15) is 39.0 Å². The van der Waals surface area contributed by atoms with E-state index in [4.69, 9.17) is 24.7 Å². The molecule has 0 heterocycles. The summed E-state index contributed by atoms with van der Waals surface area (Å²) in [7, 11) is 0. The van der Waals surface area contributed by atoms with Crippen LogP contribution in [-0.2, 0) is 47.7 Å². The van der Waals surface area contributed by atoms with Crippen molar-refractivity contribution in [1.29, 1.82) is 0 Å². The van der Waals surface area contributed by atoms with Crippen LogP contribution in [0.5, 0.6) is 0 Å². The molecule has 0 aromatic rings. The number of ether oxygens (including phenoxy) is 4.